The molecule has 0 heterocycles. The SMILES string of the molecule is CC(C)(C)C(=O)Nc1cccc(NS(=O)(=O)c2cc(Cl)ccc2Cl)c1. The largest absolute Gasteiger partial charge is 0.326 e. The Balaban J connectivity index is 2.27. The van der Waals surface area contributed by atoms with Crippen molar-refractivity contribution in [1.82, 2.24) is 0 Å². The fourth-order valence-electron chi connectivity index (χ4n) is 1.87. The lowest BCUT2D eigenvalue weighted by atomic mass is 9.95. The molecule has 0 bridgehead atoms. The Morgan fingerprint density at radius 2 is 1.64 bits per heavy atom. The summed E-state index contributed by atoms with van der Waals surface area (Å²) in [6, 6.07) is 10.6. The maximum Gasteiger partial charge on any atom is 0.263 e. The first-order chi connectivity index (χ1) is 11.5. The maximum absolute atomic E-state index is 12.5. The predicted octanol–water partition coefficient (Wildman–Crippen LogP) is 4.78. The van der Waals surface area contributed by atoms with E-state index in [2.05, 4.69) is 10.0 Å². The van der Waals surface area contributed by atoms with E-state index in [0.717, 1.165) is 0 Å². The Morgan fingerprint density at radius 3 is 2.28 bits per heavy atom. The number of sulfonamides is 1. The number of nitrogens with one attached hydrogen (secondary N) is 2. The number of anilines is 2. The summed E-state index contributed by atoms with van der Waals surface area (Å²) in [5, 5.41) is 3.07. The van der Waals surface area contributed by atoms with Gasteiger partial charge in [0.15, 0.2) is 0 Å². The van der Waals surface area contributed by atoms with Gasteiger partial charge in [0.05, 0.1) is 10.7 Å². The van der Waals surface area contributed by atoms with Crippen LogP contribution in [0.4, 0.5) is 11.4 Å². The van der Waals surface area contributed by atoms with Gasteiger partial charge in [-0.15, -0.1) is 0 Å². The number of rotatable bonds is 4. The summed E-state index contributed by atoms with van der Waals surface area (Å²) in [4.78, 5) is 11.9. The first-order valence-corrected chi connectivity index (χ1v) is 9.62. The highest BCUT2D eigenvalue weighted by Crippen LogP contribution is 2.27. The van der Waals surface area contributed by atoms with Gasteiger partial charge in [-0.3, -0.25) is 9.52 Å². The zero-order chi connectivity index (χ0) is 18.8. The third-order valence-electron chi connectivity index (χ3n) is 3.24. The standard InChI is InChI=1S/C17H18Cl2N2O3S/c1-17(2,3)16(22)20-12-5-4-6-13(10-12)21-25(23,24)15-9-11(18)7-8-14(15)19/h4-10,21H,1-3H3,(H,20,22). The summed E-state index contributed by atoms with van der Waals surface area (Å²) < 4.78 is 27.5. The predicted molar refractivity (Wildman–Crippen MR) is 102 cm³/mol. The van der Waals surface area contributed by atoms with Crippen molar-refractivity contribution >= 4 is 50.5 Å². The summed E-state index contributed by atoms with van der Waals surface area (Å²) in [6.45, 7) is 5.36. The smallest absolute Gasteiger partial charge is 0.263 e. The van der Waals surface area contributed by atoms with Crippen molar-refractivity contribution in [1.29, 1.82) is 0 Å². The summed E-state index contributed by atoms with van der Waals surface area (Å²) in [7, 11) is -3.92. The molecule has 0 saturated heterocycles. The zero-order valence-corrected chi connectivity index (χ0v) is 16.3. The van der Waals surface area contributed by atoms with Crippen LogP contribution in [0.15, 0.2) is 47.4 Å². The summed E-state index contributed by atoms with van der Waals surface area (Å²) in [5.41, 5.74) is 0.212. The number of amides is 1. The minimum Gasteiger partial charge on any atom is -0.326 e. The lowest BCUT2D eigenvalue weighted by Crippen LogP contribution is -2.27. The van der Waals surface area contributed by atoms with Gasteiger partial charge in [-0.2, -0.15) is 0 Å². The first-order valence-electron chi connectivity index (χ1n) is 7.38. The molecule has 2 aromatic rings. The van der Waals surface area contributed by atoms with Gasteiger partial charge >= 0.3 is 0 Å². The molecule has 134 valence electrons. The molecular weight excluding hydrogens is 383 g/mol. The third kappa shape index (κ3) is 5.11. The number of halogens is 2. The van der Waals surface area contributed by atoms with Crippen molar-refractivity contribution in [3.05, 3.63) is 52.5 Å². The normalized spacial score (nSPS) is 11.9. The van der Waals surface area contributed by atoms with E-state index >= 15 is 0 Å². The van der Waals surface area contributed by atoms with E-state index in [1.807, 2.05) is 0 Å². The van der Waals surface area contributed by atoms with Crippen LogP contribution in [0.25, 0.3) is 0 Å². The van der Waals surface area contributed by atoms with Crippen LogP contribution in [-0.4, -0.2) is 14.3 Å². The monoisotopic (exact) mass is 400 g/mol. The van der Waals surface area contributed by atoms with Crippen LogP contribution in [0, 0.1) is 5.41 Å². The van der Waals surface area contributed by atoms with Crippen molar-refractivity contribution in [3.63, 3.8) is 0 Å². The number of carbonyl (C=O) groups excluding carboxylic acids is 1. The number of carbonyl (C=O) groups is 1. The van der Waals surface area contributed by atoms with E-state index in [1.54, 1.807) is 39.0 Å². The Kier molecular flexibility index (Phi) is 5.66. The molecule has 2 aromatic carbocycles. The van der Waals surface area contributed by atoms with Gasteiger partial charge in [0, 0.05) is 16.1 Å². The number of benzene rings is 2. The summed E-state index contributed by atoms with van der Waals surface area (Å²) in [5.74, 6) is -0.176. The second-order valence-electron chi connectivity index (χ2n) is 6.47. The molecule has 0 spiro atoms. The van der Waals surface area contributed by atoms with E-state index < -0.39 is 15.4 Å². The zero-order valence-electron chi connectivity index (χ0n) is 13.9. The minimum absolute atomic E-state index is 0.0640. The molecule has 0 unspecified atom stereocenters. The highest BCUT2D eigenvalue weighted by atomic mass is 35.5. The molecule has 0 aliphatic heterocycles. The van der Waals surface area contributed by atoms with Crippen molar-refractivity contribution in [2.45, 2.75) is 25.7 Å². The van der Waals surface area contributed by atoms with Crippen molar-refractivity contribution in [3.8, 4) is 0 Å². The molecule has 0 aliphatic carbocycles. The van der Waals surface area contributed by atoms with Crippen LogP contribution in [0.5, 0.6) is 0 Å². The van der Waals surface area contributed by atoms with Crippen LogP contribution in [-0.2, 0) is 14.8 Å². The van der Waals surface area contributed by atoms with Crippen molar-refractivity contribution in [2.24, 2.45) is 5.41 Å². The first kappa shape index (κ1) is 19.6. The van der Waals surface area contributed by atoms with E-state index in [-0.39, 0.29) is 20.8 Å². The highest BCUT2D eigenvalue weighted by Gasteiger charge is 2.22. The van der Waals surface area contributed by atoms with Crippen LogP contribution in [0.3, 0.4) is 0 Å². The molecule has 25 heavy (non-hydrogen) atoms. The van der Waals surface area contributed by atoms with Crippen LogP contribution >= 0.6 is 23.2 Å². The second kappa shape index (κ2) is 7.23. The molecular formula is C17H18Cl2N2O3S. The molecule has 0 fully saturated rings. The molecule has 8 heteroatoms. The molecule has 5 nitrogen and oxygen atoms in total. The fraction of sp³-hybridized carbons (Fsp3) is 0.235. The average molecular weight is 401 g/mol. The molecule has 0 aromatic heterocycles. The van der Waals surface area contributed by atoms with Gasteiger partial charge in [-0.1, -0.05) is 50.0 Å². The molecule has 0 aliphatic rings. The van der Waals surface area contributed by atoms with Gasteiger partial charge in [0.1, 0.15) is 4.90 Å². The van der Waals surface area contributed by atoms with Gasteiger partial charge in [-0.25, -0.2) is 8.42 Å². The van der Waals surface area contributed by atoms with Gasteiger partial charge in [-0.05, 0) is 36.4 Å². The quantitative estimate of drug-likeness (QED) is 0.774. The van der Waals surface area contributed by atoms with Crippen molar-refractivity contribution in [2.75, 3.05) is 10.0 Å². The fourth-order valence-corrected chi connectivity index (χ4v) is 3.69. The maximum atomic E-state index is 12.5. The minimum atomic E-state index is -3.92. The number of hydrogen-bond donors (Lipinski definition) is 2. The topological polar surface area (TPSA) is 75.3 Å². The second-order valence-corrected chi connectivity index (χ2v) is 8.96. The molecule has 0 atom stereocenters. The van der Waals surface area contributed by atoms with Crippen LogP contribution in [0.1, 0.15) is 20.8 Å². The Hall–Kier alpha value is -1.76. The Morgan fingerprint density at radius 1 is 1.00 bits per heavy atom. The molecule has 0 saturated carbocycles. The van der Waals surface area contributed by atoms with Gasteiger partial charge in [0.2, 0.25) is 5.91 Å². The van der Waals surface area contributed by atoms with E-state index in [4.69, 9.17) is 23.2 Å². The number of hydrogen-bond acceptors (Lipinski definition) is 3. The Labute approximate surface area is 157 Å². The molecule has 1 amide bonds. The lowest BCUT2D eigenvalue weighted by Gasteiger charge is -2.18. The van der Waals surface area contributed by atoms with E-state index in [9.17, 15) is 13.2 Å². The molecule has 2 N–H and O–H groups in total. The summed E-state index contributed by atoms with van der Waals surface area (Å²) in [6.07, 6.45) is 0. The van der Waals surface area contributed by atoms with Crippen LogP contribution < -0.4 is 10.0 Å². The highest BCUT2D eigenvalue weighted by molar-refractivity contribution is 7.92. The van der Waals surface area contributed by atoms with Crippen molar-refractivity contribution < 1.29 is 13.2 Å². The lowest BCUT2D eigenvalue weighted by molar-refractivity contribution is -0.123. The van der Waals surface area contributed by atoms with Gasteiger partial charge < -0.3 is 5.32 Å². The third-order valence-corrected chi connectivity index (χ3v) is 5.33. The summed E-state index contributed by atoms with van der Waals surface area (Å²) >= 11 is 11.8. The molecule has 2 rings (SSSR count). The van der Waals surface area contributed by atoms with Gasteiger partial charge in [0.25, 0.3) is 10.0 Å². The molecule has 0 radical (unpaired) electrons. The van der Waals surface area contributed by atoms with E-state index in [1.165, 1.54) is 24.3 Å². The Bertz CT molecular complexity index is 906. The van der Waals surface area contributed by atoms with E-state index in [0.29, 0.717) is 11.4 Å². The van der Waals surface area contributed by atoms with Crippen LogP contribution in [0.2, 0.25) is 10.0 Å². The average Bonchev–Trinajstić information content (AvgIpc) is 2.48.